The van der Waals surface area contributed by atoms with Gasteiger partial charge in [-0.1, -0.05) is 27.7 Å². The summed E-state index contributed by atoms with van der Waals surface area (Å²) in [6.45, 7) is 8.48. The molecule has 0 amide bonds. The lowest BCUT2D eigenvalue weighted by Crippen LogP contribution is -2.20. The molecular formula is C10H22N2. The molecule has 0 aliphatic rings. The summed E-state index contributed by atoms with van der Waals surface area (Å²) in [6.07, 6.45) is 2.12. The molecule has 0 heterocycles. The van der Waals surface area contributed by atoms with Gasteiger partial charge in [0.15, 0.2) is 0 Å². The molecule has 2 atom stereocenters. The van der Waals surface area contributed by atoms with Gasteiger partial charge in [0.25, 0.3) is 0 Å². The van der Waals surface area contributed by atoms with Crippen molar-refractivity contribution >= 4 is 0 Å². The molecule has 2 heteroatoms. The van der Waals surface area contributed by atoms with Crippen LogP contribution in [0.1, 0.15) is 40.5 Å². The number of hydrogen-bond acceptors (Lipinski definition) is 2. The molecule has 0 aromatic heterocycles. The molecule has 0 aromatic rings. The Morgan fingerprint density at radius 2 is 1.17 bits per heavy atom. The second-order valence-electron chi connectivity index (χ2n) is 3.53. The van der Waals surface area contributed by atoms with Crippen molar-refractivity contribution in [1.29, 1.82) is 0 Å². The molecule has 0 bridgehead atoms. The molecule has 0 rings (SSSR count). The number of hydrogen-bond donors (Lipinski definition) is 2. The Morgan fingerprint density at radius 1 is 0.917 bits per heavy atom. The second kappa shape index (κ2) is 5.07. The Labute approximate surface area is 76.0 Å². The van der Waals surface area contributed by atoms with Gasteiger partial charge in [0.1, 0.15) is 0 Å². The second-order valence-corrected chi connectivity index (χ2v) is 3.53. The third-order valence-corrected chi connectivity index (χ3v) is 2.62. The van der Waals surface area contributed by atoms with Gasteiger partial charge in [0, 0.05) is 11.4 Å². The summed E-state index contributed by atoms with van der Waals surface area (Å²) < 4.78 is 0. The minimum atomic E-state index is 0.416. The first kappa shape index (κ1) is 11.3. The van der Waals surface area contributed by atoms with E-state index in [4.69, 9.17) is 11.5 Å². The molecule has 0 aliphatic carbocycles. The van der Waals surface area contributed by atoms with Gasteiger partial charge in [-0.15, -0.1) is 0 Å². The molecule has 0 aromatic carbocycles. The highest BCUT2D eigenvalue weighted by atomic mass is 14.7. The van der Waals surface area contributed by atoms with Crippen LogP contribution >= 0.6 is 0 Å². The van der Waals surface area contributed by atoms with Crippen LogP contribution in [0.5, 0.6) is 0 Å². The van der Waals surface area contributed by atoms with Gasteiger partial charge in [-0.05, 0) is 24.7 Å². The van der Waals surface area contributed by atoms with Gasteiger partial charge in [-0.2, -0.15) is 0 Å². The van der Waals surface area contributed by atoms with E-state index in [1.807, 2.05) is 0 Å². The van der Waals surface area contributed by atoms with Crippen molar-refractivity contribution in [1.82, 2.24) is 0 Å². The fourth-order valence-corrected chi connectivity index (χ4v) is 1.01. The van der Waals surface area contributed by atoms with E-state index < -0.39 is 0 Å². The smallest absolute Gasteiger partial charge is 0.0302 e. The van der Waals surface area contributed by atoms with Crippen LogP contribution in [0, 0.1) is 11.8 Å². The van der Waals surface area contributed by atoms with E-state index in [-0.39, 0.29) is 0 Å². The summed E-state index contributed by atoms with van der Waals surface area (Å²) in [5.74, 6) is 0.831. The maximum atomic E-state index is 5.90. The highest BCUT2D eigenvalue weighted by Gasteiger charge is 2.10. The monoisotopic (exact) mass is 170 g/mol. The molecule has 2 unspecified atom stereocenters. The van der Waals surface area contributed by atoms with E-state index in [0.29, 0.717) is 11.8 Å². The molecule has 0 aliphatic heterocycles. The molecule has 72 valence electrons. The summed E-state index contributed by atoms with van der Waals surface area (Å²) in [4.78, 5) is 0. The van der Waals surface area contributed by atoms with Gasteiger partial charge in [-0.3, -0.25) is 0 Å². The number of rotatable bonds is 4. The third kappa shape index (κ3) is 2.76. The van der Waals surface area contributed by atoms with E-state index >= 15 is 0 Å². The first-order valence-electron chi connectivity index (χ1n) is 4.79. The van der Waals surface area contributed by atoms with Crippen LogP contribution in [0.25, 0.3) is 0 Å². The molecule has 4 N–H and O–H groups in total. The SMILES string of the molecule is CCC(C)C(N)=C(N)C(C)CC. The maximum absolute atomic E-state index is 5.90. The summed E-state index contributed by atoms with van der Waals surface area (Å²) in [6, 6.07) is 0. The quantitative estimate of drug-likeness (QED) is 0.679. The molecule has 2 nitrogen and oxygen atoms in total. The van der Waals surface area contributed by atoms with Crippen LogP contribution in [0.15, 0.2) is 11.4 Å². The average molecular weight is 170 g/mol. The lowest BCUT2D eigenvalue weighted by atomic mass is 9.97. The lowest BCUT2D eigenvalue weighted by Gasteiger charge is -2.17. The van der Waals surface area contributed by atoms with E-state index in [1.165, 1.54) is 0 Å². The van der Waals surface area contributed by atoms with Crippen LogP contribution in [-0.4, -0.2) is 0 Å². The van der Waals surface area contributed by atoms with Crippen molar-refractivity contribution in [2.45, 2.75) is 40.5 Å². The van der Waals surface area contributed by atoms with Crippen LogP contribution in [0.4, 0.5) is 0 Å². The fraction of sp³-hybridized carbons (Fsp3) is 0.800. The van der Waals surface area contributed by atoms with Crippen molar-refractivity contribution in [2.24, 2.45) is 23.3 Å². The van der Waals surface area contributed by atoms with Crippen molar-refractivity contribution < 1.29 is 0 Å². The minimum absolute atomic E-state index is 0.416. The van der Waals surface area contributed by atoms with Gasteiger partial charge in [-0.25, -0.2) is 0 Å². The lowest BCUT2D eigenvalue weighted by molar-refractivity contribution is 0.584. The third-order valence-electron chi connectivity index (χ3n) is 2.62. The molecule has 0 saturated heterocycles. The molecular weight excluding hydrogens is 148 g/mol. The highest BCUT2D eigenvalue weighted by molar-refractivity contribution is 5.12. The fourth-order valence-electron chi connectivity index (χ4n) is 1.01. The van der Waals surface area contributed by atoms with Crippen molar-refractivity contribution in [3.05, 3.63) is 11.4 Å². The minimum Gasteiger partial charge on any atom is -0.400 e. The van der Waals surface area contributed by atoms with E-state index in [2.05, 4.69) is 27.7 Å². The zero-order valence-corrected chi connectivity index (χ0v) is 8.72. The normalized spacial score (nSPS) is 18.3. The Balaban J connectivity index is 4.44. The predicted octanol–water partition coefficient (Wildman–Crippen LogP) is 2.21. The Kier molecular flexibility index (Phi) is 4.79. The molecule has 0 fully saturated rings. The molecule has 12 heavy (non-hydrogen) atoms. The van der Waals surface area contributed by atoms with E-state index in [1.54, 1.807) is 0 Å². The Bertz CT molecular complexity index is 143. The number of allylic oxidation sites excluding steroid dienone is 2. The van der Waals surface area contributed by atoms with Gasteiger partial charge < -0.3 is 11.5 Å². The van der Waals surface area contributed by atoms with Crippen LogP contribution in [0.3, 0.4) is 0 Å². The zero-order chi connectivity index (χ0) is 9.72. The molecule has 0 saturated carbocycles. The maximum Gasteiger partial charge on any atom is 0.0302 e. The van der Waals surface area contributed by atoms with Crippen molar-refractivity contribution in [2.75, 3.05) is 0 Å². The first-order valence-corrected chi connectivity index (χ1v) is 4.79. The van der Waals surface area contributed by atoms with Crippen LogP contribution in [0.2, 0.25) is 0 Å². The van der Waals surface area contributed by atoms with Crippen LogP contribution in [-0.2, 0) is 0 Å². The highest BCUT2D eigenvalue weighted by Crippen LogP contribution is 2.17. The first-order chi connectivity index (χ1) is 5.54. The topological polar surface area (TPSA) is 52.0 Å². The van der Waals surface area contributed by atoms with Gasteiger partial charge in [0.05, 0.1) is 0 Å². The van der Waals surface area contributed by atoms with E-state index in [9.17, 15) is 0 Å². The standard InChI is InChI=1S/C10H22N2/c1-5-7(3)9(11)10(12)8(4)6-2/h7-8H,5-6,11-12H2,1-4H3. The van der Waals surface area contributed by atoms with Crippen LogP contribution < -0.4 is 11.5 Å². The van der Waals surface area contributed by atoms with Crippen molar-refractivity contribution in [3.63, 3.8) is 0 Å². The Hall–Kier alpha value is -0.660. The summed E-state index contributed by atoms with van der Waals surface area (Å²) in [5, 5.41) is 0. The number of nitrogens with two attached hydrogens (primary N) is 2. The van der Waals surface area contributed by atoms with Gasteiger partial charge in [0.2, 0.25) is 0 Å². The molecule has 0 spiro atoms. The van der Waals surface area contributed by atoms with E-state index in [0.717, 1.165) is 24.2 Å². The molecule has 0 radical (unpaired) electrons. The van der Waals surface area contributed by atoms with Crippen molar-refractivity contribution in [3.8, 4) is 0 Å². The average Bonchev–Trinajstić information content (AvgIpc) is 2.12. The summed E-state index contributed by atoms with van der Waals surface area (Å²) in [7, 11) is 0. The zero-order valence-electron chi connectivity index (χ0n) is 8.72. The van der Waals surface area contributed by atoms with Gasteiger partial charge >= 0.3 is 0 Å². The largest absolute Gasteiger partial charge is 0.400 e. The predicted molar refractivity (Wildman–Crippen MR) is 54.3 cm³/mol. The Morgan fingerprint density at radius 3 is 1.33 bits per heavy atom. The summed E-state index contributed by atoms with van der Waals surface area (Å²) in [5.41, 5.74) is 13.6. The summed E-state index contributed by atoms with van der Waals surface area (Å²) >= 11 is 0.